The van der Waals surface area contributed by atoms with Crippen LogP contribution in [0, 0.1) is 23.0 Å². The van der Waals surface area contributed by atoms with Crippen molar-refractivity contribution in [3.05, 3.63) is 101 Å². The Balaban J connectivity index is 0.866. The van der Waals surface area contributed by atoms with Crippen LogP contribution < -0.4 is 20.3 Å². The number of anilines is 3. The maximum absolute atomic E-state index is 15.7. The standard InChI is InChI=1S/C45H47F2N11O6S/c1-3-55(2)65(63,64)54-36-9-8-35(46)40(41(36)47)42(61)34-25-50-43-33(34)21-31(23-49-43)30-20-29(22-48)44(51-24-30)58-18-16-57(17-19-58)39(60)26-56-14-12-28(13-15-56)27-4-6-32(7-5-27)52-37-10-11-38(59)53-45(37)62/h4-9,20-21,23-25,28,37,52,54H,3,10-19,26H2,1-2H3,(H,49,50)(H,53,59,62). The van der Waals surface area contributed by atoms with Gasteiger partial charge in [0.05, 0.1) is 23.4 Å². The number of H-pyrrole nitrogens is 1. The van der Waals surface area contributed by atoms with Crippen molar-refractivity contribution < 1.29 is 36.4 Å². The number of nitriles is 1. The molecule has 3 aromatic heterocycles. The van der Waals surface area contributed by atoms with Gasteiger partial charge in [0.2, 0.25) is 23.5 Å². The smallest absolute Gasteiger partial charge is 0.301 e. The van der Waals surface area contributed by atoms with E-state index in [-0.39, 0.29) is 46.4 Å². The average Bonchev–Trinajstić information content (AvgIpc) is 3.74. The van der Waals surface area contributed by atoms with Gasteiger partial charge in [-0.15, -0.1) is 0 Å². The number of hydrogen-bond donors (Lipinski definition) is 4. The van der Waals surface area contributed by atoms with Crippen LogP contribution in [0.15, 0.2) is 67.1 Å². The molecule has 5 aromatic rings. The molecule has 0 aliphatic carbocycles. The first-order valence-corrected chi connectivity index (χ1v) is 22.8. The molecule has 8 rings (SSSR count). The zero-order valence-electron chi connectivity index (χ0n) is 35.7. The number of benzene rings is 2. The molecule has 0 bridgehead atoms. The number of imide groups is 1. The van der Waals surface area contributed by atoms with Crippen LogP contribution in [-0.2, 0) is 24.6 Å². The molecule has 65 heavy (non-hydrogen) atoms. The van der Waals surface area contributed by atoms with Crippen molar-refractivity contribution in [3.63, 3.8) is 0 Å². The number of nitrogens with zero attached hydrogens (tertiary/aromatic N) is 7. The number of pyridine rings is 2. The van der Waals surface area contributed by atoms with Gasteiger partial charge in [0, 0.05) is 92.5 Å². The highest BCUT2D eigenvalue weighted by Gasteiger charge is 2.30. The molecule has 2 aromatic carbocycles. The van der Waals surface area contributed by atoms with Gasteiger partial charge in [-0.25, -0.2) is 18.7 Å². The van der Waals surface area contributed by atoms with Crippen LogP contribution in [0.4, 0.5) is 26.0 Å². The SMILES string of the molecule is CCN(C)S(=O)(=O)Nc1ccc(F)c(C(=O)c2c[nH]c3ncc(-c4cnc(N5CCN(C(=O)CN6CCC(c7ccc(NC8CCC(=O)NC8=O)cc7)CC6)CC5)c(C#N)c4)cc23)c1F. The van der Waals surface area contributed by atoms with E-state index in [1.807, 2.05) is 21.9 Å². The number of fused-ring (bicyclic) bond motifs is 1. The third kappa shape index (κ3) is 9.53. The van der Waals surface area contributed by atoms with Crippen LogP contribution in [0.3, 0.4) is 0 Å². The lowest BCUT2D eigenvalue weighted by molar-refractivity contribution is -0.134. The van der Waals surface area contributed by atoms with Crippen molar-refractivity contribution in [1.82, 2.24) is 34.4 Å². The molecular formula is C45H47F2N11O6S. The molecule has 17 nitrogen and oxygen atoms in total. The summed E-state index contributed by atoms with van der Waals surface area (Å²) in [6.07, 6.45) is 6.95. The topological polar surface area (TPSA) is 217 Å². The molecule has 3 amide bonds. The molecule has 0 spiro atoms. The fourth-order valence-corrected chi connectivity index (χ4v) is 9.36. The quantitative estimate of drug-likeness (QED) is 0.0958. The van der Waals surface area contributed by atoms with Gasteiger partial charge < -0.3 is 20.1 Å². The zero-order valence-corrected chi connectivity index (χ0v) is 36.6. The summed E-state index contributed by atoms with van der Waals surface area (Å²) in [4.78, 5) is 68.6. The second-order valence-corrected chi connectivity index (χ2v) is 18.1. The first-order valence-electron chi connectivity index (χ1n) is 21.3. The highest BCUT2D eigenvalue weighted by molar-refractivity contribution is 7.90. The van der Waals surface area contributed by atoms with Crippen LogP contribution in [0.5, 0.6) is 0 Å². The Morgan fingerprint density at radius 1 is 0.954 bits per heavy atom. The van der Waals surface area contributed by atoms with E-state index in [2.05, 4.69) is 53.4 Å². The first-order chi connectivity index (χ1) is 31.2. The summed E-state index contributed by atoms with van der Waals surface area (Å²) in [6, 6.07) is 14.8. The van der Waals surface area contributed by atoms with Gasteiger partial charge in [0.25, 0.3) is 0 Å². The van der Waals surface area contributed by atoms with Gasteiger partial charge in [0.15, 0.2) is 5.82 Å². The predicted molar refractivity (Wildman–Crippen MR) is 238 cm³/mol. The summed E-state index contributed by atoms with van der Waals surface area (Å²) in [5.74, 6) is -3.28. The molecule has 1 atom stereocenters. The van der Waals surface area contributed by atoms with E-state index >= 15 is 8.78 Å². The predicted octanol–water partition coefficient (Wildman–Crippen LogP) is 4.36. The lowest BCUT2D eigenvalue weighted by Crippen LogP contribution is -2.52. The van der Waals surface area contributed by atoms with Gasteiger partial charge in [-0.05, 0) is 80.2 Å². The second-order valence-electron chi connectivity index (χ2n) is 16.4. The third-order valence-electron chi connectivity index (χ3n) is 12.3. The van der Waals surface area contributed by atoms with Gasteiger partial charge in [0.1, 0.15) is 29.4 Å². The van der Waals surface area contributed by atoms with Crippen molar-refractivity contribution in [2.24, 2.45) is 0 Å². The van der Waals surface area contributed by atoms with E-state index in [0.717, 1.165) is 48.1 Å². The fraction of sp³-hybridized carbons (Fsp3) is 0.356. The van der Waals surface area contributed by atoms with Crippen molar-refractivity contribution >= 4 is 61.9 Å². The summed E-state index contributed by atoms with van der Waals surface area (Å²) in [5, 5.41) is 16.0. The summed E-state index contributed by atoms with van der Waals surface area (Å²) < 4.78 is 58.9. The van der Waals surface area contributed by atoms with Crippen LogP contribution in [0.1, 0.15) is 65.6 Å². The summed E-state index contributed by atoms with van der Waals surface area (Å²) in [7, 11) is -2.89. The number of rotatable bonds is 13. The first kappa shape index (κ1) is 44.8. The number of hydrogen-bond acceptors (Lipinski definition) is 12. The molecule has 3 aliphatic heterocycles. The zero-order chi connectivity index (χ0) is 46.0. The fourth-order valence-electron chi connectivity index (χ4n) is 8.43. The number of aromatic nitrogens is 3. The molecule has 0 radical (unpaired) electrons. The minimum Gasteiger partial charge on any atom is -0.374 e. The molecule has 20 heteroatoms. The van der Waals surface area contributed by atoms with Gasteiger partial charge in [-0.2, -0.15) is 18.0 Å². The van der Waals surface area contributed by atoms with Crippen LogP contribution in [0.2, 0.25) is 0 Å². The Morgan fingerprint density at radius 3 is 2.35 bits per heavy atom. The second kappa shape index (κ2) is 18.7. The summed E-state index contributed by atoms with van der Waals surface area (Å²) in [5.41, 5.74) is 1.91. The van der Waals surface area contributed by atoms with E-state index in [9.17, 15) is 32.9 Å². The molecule has 6 heterocycles. The highest BCUT2D eigenvalue weighted by Crippen LogP contribution is 2.32. The average molecular weight is 908 g/mol. The number of amides is 3. The monoisotopic (exact) mass is 907 g/mol. The molecule has 3 aliphatic rings. The number of piperidine rings is 2. The number of likely N-dealkylation sites (tertiary alicyclic amines) is 1. The Bertz CT molecular complexity index is 2820. The highest BCUT2D eigenvalue weighted by atomic mass is 32.2. The number of carbonyl (C=O) groups excluding carboxylic acids is 4. The summed E-state index contributed by atoms with van der Waals surface area (Å²) in [6.45, 7) is 5.41. The lowest BCUT2D eigenvalue weighted by Gasteiger charge is -2.38. The van der Waals surface area contributed by atoms with Crippen molar-refractivity contribution in [3.8, 4) is 17.2 Å². The van der Waals surface area contributed by atoms with Crippen LogP contribution in [0.25, 0.3) is 22.2 Å². The van der Waals surface area contributed by atoms with Gasteiger partial charge >= 0.3 is 10.2 Å². The number of ketones is 1. The van der Waals surface area contributed by atoms with Crippen LogP contribution >= 0.6 is 0 Å². The number of carbonyl (C=O) groups is 4. The van der Waals surface area contributed by atoms with E-state index in [1.165, 1.54) is 25.0 Å². The van der Waals surface area contributed by atoms with E-state index < -0.39 is 44.9 Å². The molecular weight excluding hydrogens is 861 g/mol. The lowest BCUT2D eigenvalue weighted by atomic mass is 9.89. The van der Waals surface area contributed by atoms with Crippen LogP contribution in [-0.4, -0.2) is 126 Å². The van der Waals surface area contributed by atoms with Gasteiger partial charge in [-0.3, -0.25) is 34.1 Å². The molecule has 4 N–H and O–H groups in total. The number of aromatic amines is 1. The largest absolute Gasteiger partial charge is 0.374 e. The maximum atomic E-state index is 15.7. The number of nitrogens with one attached hydrogen (secondary N) is 4. The minimum atomic E-state index is -4.17. The Hall–Kier alpha value is -6.82. The Morgan fingerprint density at radius 2 is 1.66 bits per heavy atom. The van der Waals surface area contributed by atoms with Gasteiger partial charge in [-0.1, -0.05) is 19.1 Å². The molecule has 338 valence electrons. The molecule has 1 unspecified atom stereocenters. The maximum Gasteiger partial charge on any atom is 0.301 e. The molecule has 3 fully saturated rings. The third-order valence-corrected chi connectivity index (χ3v) is 13.9. The normalized spacial score (nSPS) is 17.6. The number of piperazine rings is 1. The van der Waals surface area contributed by atoms with Crippen molar-refractivity contribution in [2.75, 3.05) is 74.3 Å². The molecule has 0 saturated carbocycles. The molecule has 3 saturated heterocycles. The van der Waals surface area contributed by atoms with E-state index in [4.69, 9.17) is 0 Å². The Labute approximate surface area is 374 Å². The van der Waals surface area contributed by atoms with E-state index in [0.29, 0.717) is 68.4 Å². The number of halogens is 2. The minimum absolute atomic E-state index is 0.0453. The van der Waals surface area contributed by atoms with Crippen molar-refractivity contribution in [2.45, 2.75) is 44.6 Å². The van der Waals surface area contributed by atoms with E-state index in [1.54, 1.807) is 25.3 Å². The van der Waals surface area contributed by atoms with Crippen molar-refractivity contribution in [1.29, 1.82) is 5.26 Å². The Kier molecular flexibility index (Phi) is 12.9. The summed E-state index contributed by atoms with van der Waals surface area (Å²) >= 11 is 0.